The van der Waals surface area contributed by atoms with E-state index in [1.165, 1.54) is 11.0 Å². The maximum absolute atomic E-state index is 10.6. The van der Waals surface area contributed by atoms with Crippen LogP contribution >= 0.6 is 12.2 Å². The van der Waals surface area contributed by atoms with Gasteiger partial charge in [0.25, 0.3) is 0 Å². The molecule has 0 unspecified atom stereocenters. The molecular weight excluding hydrogens is 327 g/mol. The summed E-state index contributed by atoms with van der Waals surface area (Å²) in [6.45, 7) is 0. The molecule has 1 aromatic heterocycles. The van der Waals surface area contributed by atoms with Crippen LogP contribution in [0.5, 0.6) is 0 Å². The predicted molar refractivity (Wildman–Crippen MR) is 84.9 cm³/mol. The highest BCUT2D eigenvalue weighted by atomic mass is 32.1. The van der Waals surface area contributed by atoms with Crippen LogP contribution in [0, 0.1) is 4.51 Å². The second kappa shape index (κ2) is 6.37. The molecule has 0 saturated carbocycles. The molecule has 0 atom stereocenters. The average Bonchev–Trinajstić information content (AvgIpc) is 2.52. The van der Waals surface area contributed by atoms with Crippen LogP contribution in [-0.4, -0.2) is 21.8 Å². The van der Waals surface area contributed by atoms with E-state index in [4.69, 9.17) is 22.1 Å². The number of aryl methyl sites for hydroxylation is 1. The molecule has 3 rings (SSSR count). The fourth-order valence-corrected chi connectivity index (χ4v) is 2.54. The van der Waals surface area contributed by atoms with Gasteiger partial charge in [0, 0.05) is 28.9 Å². The lowest BCUT2D eigenvalue weighted by Gasteiger charge is -2.10. The van der Waals surface area contributed by atoms with E-state index in [0.29, 0.717) is 0 Å². The predicted octanol–water partition coefficient (Wildman–Crippen LogP) is 4.69. The maximum atomic E-state index is 10.6. The van der Waals surface area contributed by atoms with Gasteiger partial charge in [0.05, 0.1) is 4.51 Å². The van der Waals surface area contributed by atoms with E-state index in [0.717, 1.165) is 15.3 Å². The molecule has 1 N–H and O–H groups in total. The van der Waals surface area contributed by atoms with Crippen molar-refractivity contribution < 1.29 is 23.1 Å². The Hall–Kier alpha value is -2.41. The summed E-state index contributed by atoms with van der Waals surface area (Å²) in [5.74, 6) is -2.76. The van der Waals surface area contributed by atoms with Crippen LogP contribution in [0.4, 0.5) is 13.2 Å². The minimum atomic E-state index is -5.08. The first-order valence-corrected chi connectivity index (χ1v) is 6.91. The zero-order chi connectivity index (χ0) is 17.2. The first-order chi connectivity index (χ1) is 10.7. The van der Waals surface area contributed by atoms with E-state index in [2.05, 4.69) is 35.9 Å². The van der Waals surface area contributed by atoms with Crippen LogP contribution in [0.1, 0.15) is 0 Å². The van der Waals surface area contributed by atoms with Crippen LogP contribution in [0.25, 0.3) is 21.8 Å². The molecule has 1 heterocycles. The summed E-state index contributed by atoms with van der Waals surface area (Å²) in [6.07, 6.45) is -5.08. The van der Waals surface area contributed by atoms with Crippen molar-refractivity contribution in [1.82, 2.24) is 4.57 Å². The van der Waals surface area contributed by atoms with E-state index < -0.39 is 12.1 Å². The van der Waals surface area contributed by atoms with Crippen molar-refractivity contribution in [2.24, 2.45) is 7.05 Å². The summed E-state index contributed by atoms with van der Waals surface area (Å²) in [5, 5.41) is 9.43. The zero-order valence-electron chi connectivity index (χ0n) is 12.0. The molecule has 2 aromatic carbocycles. The maximum Gasteiger partial charge on any atom is 0.490 e. The van der Waals surface area contributed by atoms with Crippen LogP contribution in [0.3, 0.4) is 0 Å². The number of rotatable bonds is 0. The van der Waals surface area contributed by atoms with E-state index in [1.807, 2.05) is 24.3 Å². The molecule has 120 valence electrons. The fourth-order valence-electron chi connectivity index (χ4n) is 2.19. The summed E-state index contributed by atoms with van der Waals surface area (Å²) in [5.41, 5.74) is 2.37. The molecule has 0 fully saturated rings. The van der Waals surface area contributed by atoms with Crippen molar-refractivity contribution in [2.75, 3.05) is 0 Å². The van der Waals surface area contributed by atoms with E-state index in [9.17, 15) is 13.2 Å². The third-order valence-corrected chi connectivity index (χ3v) is 3.70. The van der Waals surface area contributed by atoms with Gasteiger partial charge in [-0.3, -0.25) is 0 Å². The molecule has 0 bridgehead atoms. The normalized spacial score (nSPS) is 11.1. The van der Waals surface area contributed by atoms with Crippen molar-refractivity contribution in [3.63, 3.8) is 0 Å². The van der Waals surface area contributed by atoms with Gasteiger partial charge < -0.3 is 9.67 Å². The zero-order valence-corrected chi connectivity index (χ0v) is 12.8. The average molecular weight is 339 g/mol. The molecular formula is C16H12F3NO2S. The number of nitrogens with zero attached hydrogens (tertiary/aromatic N) is 1. The SMILES string of the molecule is Cn1c2ccccc2c(=S)c2ccccc21.O=C(O)C(F)(F)F. The van der Waals surface area contributed by atoms with Gasteiger partial charge in [-0.1, -0.05) is 48.6 Å². The van der Waals surface area contributed by atoms with Gasteiger partial charge in [0.2, 0.25) is 0 Å². The highest BCUT2D eigenvalue weighted by Crippen LogP contribution is 2.24. The fraction of sp³-hybridized carbons (Fsp3) is 0.125. The molecule has 0 spiro atoms. The first kappa shape index (κ1) is 17.0. The molecule has 3 aromatic rings. The molecule has 0 saturated heterocycles. The van der Waals surface area contributed by atoms with Crippen molar-refractivity contribution in [3.05, 3.63) is 53.0 Å². The third-order valence-electron chi connectivity index (χ3n) is 3.26. The number of hydrogen-bond donors (Lipinski definition) is 1. The number of carboxylic acid groups (broad SMARTS) is 1. The molecule has 0 aliphatic carbocycles. The summed E-state index contributed by atoms with van der Waals surface area (Å²) >= 11 is 5.54. The van der Waals surface area contributed by atoms with Gasteiger partial charge in [0.15, 0.2) is 0 Å². The molecule has 7 heteroatoms. The number of halogens is 3. The van der Waals surface area contributed by atoms with Gasteiger partial charge in [-0.15, -0.1) is 0 Å². The van der Waals surface area contributed by atoms with Crippen molar-refractivity contribution in [2.45, 2.75) is 6.18 Å². The molecule has 0 aliphatic heterocycles. The Bertz CT molecular complexity index is 872. The number of para-hydroxylation sites is 2. The van der Waals surface area contributed by atoms with E-state index in [1.54, 1.807) is 0 Å². The Morgan fingerprint density at radius 2 is 1.35 bits per heavy atom. The second-order valence-corrected chi connectivity index (χ2v) is 5.13. The number of alkyl halides is 3. The summed E-state index contributed by atoms with van der Waals surface area (Å²) < 4.78 is 34.9. The number of benzene rings is 2. The van der Waals surface area contributed by atoms with Crippen molar-refractivity contribution in [1.29, 1.82) is 0 Å². The standard InChI is InChI=1S/C14H11NS.C2HF3O2/c1-15-12-8-4-2-6-10(12)14(16)11-7-3-5-9-13(11)15;3-2(4,5)1(6)7/h2-9H,1H3;(H,6,7). The number of fused-ring (bicyclic) bond motifs is 2. The highest BCUT2D eigenvalue weighted by molar-refractivity contribution is 7.72. The van der Waals surface area contributed by atoms with Crippen molar-refractivity contribution in [3.8, 4) is 0 Å². The molecule has 23 heavy (non-hydrogen) atoms. The quantitative estimate of drug-likeness (QED) is 0.477. The minimum Gasteiger partial charge on any atom is -0.475 e. The van der Waals surface area contributed by atoms with Crippen LogP contribution < -0.4 is 0 Å². The van der Waals surface area contributed by atoms with E-state index in [-0.39, 0.29) is 0 Å². The monoisotopic (exact) mass is 339 g/mol. The summed E-state index contributed by atoms with van der Waals surface area (Å²) in [7, 11) is 2.08. The lowest BCUT2D eigenvalue weighted by molar-refractivity contribution is -0.192. The Kier molecular flexibility index (Phi) is 4.70. The van der Waals surface area contributed by atoms with Gasteiger partial charge in [-0.05, 0) is 12.1 Å². The number of pyridine rings is 1. The molecule has 0 aliphatic rings. The minimum absolute atomic E-state index is 0.948. The highest BCUT2D eigenvalue weighted by Gasteiger charge is 2.38. The number of carbonyl (C=O) groups is 1. The number of aromatic nitrogens is 1. The third kappa shape index (κ3) is 3.50. The number of aliphatic carboxylic acids is 1. The lowest BCUT2D eigenvalue weighted by Crippen LogP contribution is -2.21. The number of hydrogen-bond acceptors (Lipinski definition) is 2. The van der Waals surface area contributed by atoms with Crippen molar-refractivity contribution >= 4 is 40.0 Å². The smallest absolute Gasteiger partial charge is 0.475 e. The molecule has 3 nitrogen and oxygen atoms in total. The van der Waals surface area contributed by atoms with Crippen LogP contribution in [-0.2, 0) is 11.8 Å². The molecule has 0 radical (unpaired) electrons. The summed E-state index contributed by atoms with van der Waals surface area (Å²) in [6, 6.07) is 16.6. The van der Waals surface area contributed by atoms with Gasteiger partial charge >= 0.3 is 12.1 Å². The molecule has 0 amide bonds. The Morgan fingerprint density at radius 3 is 1.70 bits per heavy atom. The van der Waals surface area contributed by atoms with Crippen LogP contribution in [0.15, 0.2) is 48.5 Å². The summed E-state index contributed by atoms with van der Waals surface area (Å²) in [4.78, 5) is 8.90. The van der Waals surface area contributed by atoms with Gasteiger partial charge in [-0.2, -0.15) is 13.2 Å². The van der Waals surface area contributed by atoms with Crippen LogP contribution in [0.2, 0.25) is 0 Å². The Balaban J connectivity index is 0.000000236. The topological polar surface area (TPSA) is 42.2 Å². The Morgan fingerprint density at radius 1 is 1.00 bits per heavy atom. The van der Waals surface area contributed by atoms with Gasteiger partial charge in [-0.25, -0.2) is 4.79 Å². The Labute approximate surface area is 134 Å². The number of carboxylic acids is 1. The first-order valence-electron chi connectivity index (χ1n) is 6.50. The van der Waals surface area contributed by atoms with E-state index >= 15 is 0 Å². The lowest BCUT2D eigenvalue weighted by atomic mass is 10.1. The van der Waals surface area contributed by atoms with Gasteiger partial charge in [0.1, 0.15) is 0 Å². The second-order valence-electron chi connectivity index (χ2n) is 4.73. The largest absolute Gasteiger partial charge is 0.490 e.